The van der Waals surface area contributed by atoms with Gasteiger partial charge in [-0.1, -0.05) is 42.5 Å². The van der Waals surface area contributed by atoms with E-state index in [1.807, 2.05) is 11.4 Å². The van der Waals surface area contributed by atoms with Crippen LogP contribution in [-0.2, 0) is 19.5 Å². The zero-order valence-corrected chi connectivity index (χ0v) is 16.9. The number of para-hydroxylation sites is 1. The van der Waals surface area contributed by atoms with Crippen LogP contribution in [0.15, 0.2) is 69.2 Å². The van der Waals surface area contributed by atoms with Gasteiger partial charge < -0.3 is 4.42 Å². The van der Waals surface area contributed by atoms with Gasteiger partial charge in [0.25, 0.3) is 5.91 Å². The number of amides is 1. The molecular formula is C23H19N3O3S. The van der Waals surface area contributed by atoms with Gasteiger partial charge in [0, 0.05) is 30.4 Å². The maximum absolute atomic E-state index is 12.6. The second kappa shape index (κ2) is 7.85. The smallest absolute Gasteiger partial charge is 0.349 e. The SMILES string of the molecule is O=C(Nc1nc(CN2CCc3ccccc3C2)cs1)c1cc2ccccc2oc1=O. The van der Waals surface area contributed by atoms with Gasteiger partial charge in [-0.05, 0) is 29.7 Å². The zero-order chi connectivity index (χ0) is 20.5. The third-order valence-electron chi connectivity index (χ3n) is 5.25. The van der Waals surface area contributed by atoms with Crippen molar-refractivity contribution >= 4 is 33.3 Å². The predicted molar refractivity (Wildman–Crippen MR) is 117 cm³/mol. The normalized spacial score (nSPS) is 13.9. The third-order valence-corrected chi connectivity index (χ3v) is 6.06. The van der Waals surface area contributed by atoms with E-state index in [1.165, 1.54) is 22.5 Å². The van der Waals surface area contributed by atoms with Gasteiger partial charge in [0.2, 0.25) is 0 Å². The summed E-state index contributed by atoms with van der Waals surface area (Å²) in [5.74, 6) is -0.512. The maximum atomic E-state index is 12.6. The molecule has 0 unspecified atom stereocenters. The van der Waals surface area contributed by atoms with Crippen molar-refractivity contribution in [3.63, 3.8) is 0 Å². The quantitative estimate of drug-likeness (QED) is 0.507. The molecule has 6 nitrogen and oxygen atoms in total. The number of fused-ring (bicyclic) bond motifs is 2. The van der Waals surface area contributed by atoms with E-state index in [1.54, 1.807) is 24.3 Å². The Morgan fingerprint density at radius 1 is 1.13 bits per heavy atom. The Bertz CT molecular complexity index is 1290. The fourth-order valence-corrected chi connectivity index (χ4v) is 4.44. The molecule has 0 saturated heterocycles. The average molecular weight is 417 g/mol. The van der Waals surface area contributed by atoms with Crippen molar-refractivity contribution in [2.75, 3.05) is 11.9 Å². The number of anilines is 1. The molecule has 4 aromatic rings. The van der Waals surface area contributed by atoms with Crippen LogP contribution in [0.1, 0.15) is 27.2 Å². The standard InChI is InChI=1S/C23H19N3O3S/c27-21(19-11-16-6-3-4-8-20(16)29-22(19)28)25-23-24-18(14-30-23)13-26-10-9-15-5-1-2-7-17(15)12-26/h1-8,11,14H,9-10,12-13H2,(H,24,25,27). The third kappa shape index (κ3) is 3.77. The summed E-state index contributed by atoms with van der Waals surface area (Å²) in [5.41, 5.74) is 3.44. The van der Waals surface area contributed by atoms with Crippen LogP contribution in [0.3, 0.4) is 0 Å². The highest BCUT2D eigenvalue weighted by Gasteiger charge is 2.18. The van der Waals surface area contributed by atoms with Gasteiger partial charge in [-0.2, -0.15) is 0 Å². The van der Waals surface area contributed by atoms with Crippen molar-refractivity contribution in [3.8, 4) is 0 Å². The highest BCUT2D eigenvalue weighted by Crippen LogP contribution is 2.23. The molecule has 1 aliphatic rings. The van der Waals surface area contributed by atoms with Gasteiger partial charge in [0.15, 0.2) is 5.13 Å². The summed E-state index contributed by atoms with van der Waals surface area (Å²) in [7, 11) is 0. The van der Waals surface area contributed by atoms with Crippen LogP contribution >= 0.6 is 11.3 Å². The summed E-state index contributed by atoms with van der Waals surface area (Å²) >= 11 is 1.35. The lowest BCUT2D eigenvalue weighted by Gasteiger charge is -2.27. The van der Waals surface area contributed by atoms with Gasteiger partial charge in [-0.25, -0.2) is 9.78 Å². The molecule has 0 radical (unpaired) electrons. The van der Waals surface area contributed by atoms with Gasteiger partial charge in [0.05, 0.1) is 5.69 Å². The first-order valence-electron chi connectivity index (χ1n) is 9.73. The molecule has 2 aromatic heterocycles. The van der Waals surface area contributed by atoms with Gasteiger partial charge >= 0.3 is 5.63 Å². The number of benzene rings is 2. The molecule has 150 valence electrons. The highest BCUT2D eigenvalue weighted by atomic mass is 32.1. The molecule has 3 heterocycles. The van der Waals surface area contributed by atoms with E-state index in [9.17, 15) is 9.59 Å². The predicted octanol–water partition coefficient (Wildman–Crippen LogP) is 4.06. The first-order valence-corrected chi connectivity index (χ1v) is 10.6. The number of hydrogen-bond acceptors (Lipinski definition) is 6. The number of rotatable bonds is 4. The van der Waals surface area contributed by atoms with Crippen molar-refractivity contribution in [1.82, 2.24) is 9.88 Å². The van der Waals surface area contributed by atoms with Crippen LogP contribution in [-0.4, -0.2) is 22.3 Å². The van der Waals surface area contributed by atoms with Crippen molar-refractivity contribution in [3.05, 3.63) is 92.8 Å². The van der Waals surface area contributed by atoms with Crippen molar-refractivity contribution < 1.29 is 9.21 Å². The second-order valence-corrected chi connectivity index (χ2v) is 8.17. The van der Waals surface area contributed by atoms with E-state index >= 15 is 0 Å². The number of carbonyl (C=O) groups is 1. The summed E-state index contributed by atoms with van der Waals surface area (Å²) in [5, 5.41) is 5.84. The molecule has 0 bridgehead atoms. The molecule has 2 aromatic carbocycles. The zero-order valence-electron chi connectivity index (χ0n) is 16.1. The summed E-state index contributed by atoms with van der Waals surface area (Å²) in [4.78, 5) is 31.7. The summed E-state index contributed by atoms with van der Waals surface area (Å²) in [6.45, 7) is 2.60. The number of hydrogen-bond donors (Lipinski definition) is 1. The van der Waals surface area contributed by atoms with Gasteiger partial charge in [-0.3, -0.25) is 15.0 Å². The number of nitrogens with zero attached hydrogens (tertiary/aromatic N) is 2. The molecule has 7 heteroatoms. The Balaban J connectivity index is 1.28. The highest BCUT2D eigenvalue weighted by molar-refractivity contribution is 7.14. The topological polar surface area (TPSA) is 75.4 Å². The van der Waals surface area contributed by atoms with Crippen LogP contribution in [0.2, 0.25) is 0 Å². The minimum atomic E-state index is -0.657. The number of aromatic nitrogens is 1. The van der Waals surface area contributed by atoms with Crippen LogP contribution in [0.25, 0.3) is 11.0 Å². The number of carbonyl (C=O) groups excluding carboxylic acids is 1. The Kier molecular flexibility index (Phi) is 4.90. The van der Waals surface area contributed by atoms with Crippen LogP contribution in [0.4, 0.5) is 5.13 Å². The minimum absolute atomic E-state index is 0.0295. The largest absolute Gasteiger partial charge is 0.422 e. The fraction of sp³-hybridized carbons (Fsp3) is 0.174. The summed E-state index contributed by atoms with van der Waals surface area (Å²) in [6.07, 6.45) is 1.03. The molecule has 1 N–H and O–H groups in total. The molecule has 30 heavy (non-hydrogen) atoms. The molecule has 0 aliphatic carbocycles. The Morgan fingerprint density at radius 2 is 1.93 bits per heavy atom. The van der Waals surface area contributed by atoms with E-state index in [-0.39, 0.29) is 5.56 Å². The van der Waals surface area contributed by atoms with E-state index < -0.39 is 11.5 Å². The maximum Gasteiger partial charge on any atom is 0.349 e. The lowest BCUT2D eigenvalue weighted by atomic mass is 10.00. The average Bonchev–Trinajstić information content (AvgIpc) is 3.19. The van der Waals surface area contributed by atoms with E-state index in [4.69, 9.17) is 4.42 Å². The lowest BCUT2D eigenvalue weighted by Crippen LogP contribution is -2.30. The summed E-state index contributed by atoms with van der Waals surface area (Å²) < 4.78 is 5.25. The minimum Gasteiger partial charge on any atom is -0.422 e. The monoisotopic (exact) mass is 417 g/mol. The number of nitrogens with one attached hydrogen (secondary N) is 1. The fourth-order valence-electron chi connectivity index (χ4n) is 3.74. The molecule has 0 fully saturated rings. The molecule has 5 rings (SSSR count). The molecule has 1 amide bonds. The van der Waals surface area contributed by atoms with Gasteiger partial charge in [-0.15, -0.1) is 11.3 Å². The van der Waals surface area contributed by atoms with Crippen LogP contribution in [0, 0.1) is 0 Å². The van der Waals surface area contributed by atoms with Crippen molar-refractivity contribution in [2.45, 2.75) is 19.5 Å². The molecule has 0 atom stereocenters. The number of thiazole rings is 1. The molecular weight excluding hydrogens is 398 g/mol. The van der Waals surface area contributed by atoms with Crippen LogP contribution < -0.4 is 10.9 Å². The van der Waals surface area contributed by atoms with E-state index in [0.717, 1.165) is 31.7 Å². The van der Waals surface area contributed by atoms with Crippen molar-refractivity contribution in [2.24, 2.45) is 0 Å². The summed E-state index contributed by atoms with van der Waals surface area (Å²) in [6, 6.07) is 17.2. The van der Waals surface area contributed by atoms with Gasteiger partial charge in [0.1, 0.15) is 11.1 Å². The van der Waals surface area contributed by atoms with E-state index in [0.29, 0.717) is 16.1 Å². The second-order valence-electron chi connectivity index (χ2n) is 7.31. The molecule has 0 saturated carbocycles. The van der Waals surface area contributed by atoms with E-state index in [2.05, 4.69) is 39.5 Å². The van der Waals surface area contributed by atoms with Crippen LogP contribution in [0.5, 0.6) is 0 Å². The van der Waals surface area contributed by atoms with Crippen molar-refractivity contribution in [1.29, 1.82) is 0 Å². The first-order chi connectivity index (χ1) is 14.7. The Hall–Kier alpha value is -3.29. The lowest BCUT2D eigenvalue weighted by molar-refractivity contribution is 0.102. The first kappa shape index (κ1) is 18.7. The Labute approximate surface area is 176 Å². The Morgan fingerprint density at radius 3 is 2.83 bits per heavy atom. The molecule has 0 spiro atoms. The molecule has 1 aliphatic heterocycles.